The van der Waals surface area contributed by atoms with Crippen molar-refractivity contribution in [3.8, 4) is 5.75 Å². The van der Waals surface area contributed by atoms with Gasteiger partial charge in [0.2, 0.25) is 0 Å². The van der Waals surface area contributed by atoms with E-state index in [2.05, 4.69) is 15.9 Å². The second-order valence-corrected chi connectivity index (χ2v) is 9.50. The van der Waals surface area contributed by atoms with E-state index in [0.717, 1.165) is 5.56 Å². The summed E-state index contributed by atoms with van der Waals surface area (Å²) in [4.78, 5) is 24.8. The fourth-order valence-electron chi connectivity index (χ4n) is 3.90. The van der Waals surface area contributed by atoms with Crippen LogP contribution in [0.25, 0.3) is 0 Å². The third-order valence-corrected chi connectivity index (χ3v) is 6.98. The molecule has 0 aliphatic heterocycles. The van der Waals surface area contributed by atoms with Gasteiger partial charge in [0, 0.05) is 43.1 Å². The molecule has 0 spiro atoms. The molecule has 2 rings (SSSR count). The minimum Gasteiger partial charge on any atom is -0.492 e. The number of nitrogens with zero attached hydrogens (tertiary/aromatic N) is 2. The number of benzene rings is 1. The zero-order valence-corrected chi connectivity index (χ0v) is 23.3. The van der Waals surface area contributed by atoms with Crippen LogP contribution in [0.5, 0.6) is 5.75 Å². The largest absolute Gasteiger partial charge is 0.492 e. The van der Waals surface area contributed by atoms with E-state index >= 15 is 0 Å². The lowest BCUT2D eigenvalue weighted by Crippen LogP contribution is -2.60. The molecule has 11 heteroatoms. The maximum absolute atomic E-state index is 12.4. The van der Waals surface area contributed by atoms with Crippen LogP contribution in [-0.4, -0.2) is 66.5 Å². The number of esters is 1. The smallest absolute Gasteiger partial charge is 0.343 e. The lowest BCUT2D eigenvalue weighted by Gasteiger charge is -2.47. The van der Waals surface area contributed by atoms with Gasteiger partial charge >= 0.3 is 5.97 Å². The predicted octanol–water partition coefficient (Wildman–Crippen LogP) is 3.69. The number of pyridine rings is 1. The molecule has 1 heterocycles. The first-order chi connectivity index (χ1) is 17.2. The summed E-state index contributed by atoms with van der Waals surface area (Å²) < 4.78 is 18.2. The van der Waals surface area contributed by atoms with Crippen molar-refractivity contribution < 1.29 is 29.2 Å². The maximum Gasteiger partial charge on any atom is 0.343 e. The van der Waals surface area contributed by atoms with E-state index in [1.807, 2.05) is 13.8 Å². The summed E-state index contributed by atoms with van der Waals surface area (Å²) in [5.41, 5.74) is -1.04. The van der Waals surface area contributed by atoms with Gasteiger partial charge in [-0.3, -0.25) is 14.5 Å². The van der Waals surface area contributed by atoms with Gasteiger partial charge in [-0.15, -0.1) is 0 Å². The van der Waals surface area contributed by atoms with E-state index in [-0.39, 0.29) is 12.2 Å². The second-order valence-electron chi connectivity index (χ2n) is 8.24. The molecular weight excluding hydrogens is 556 g/mol. The lowest BCUT2D eigenvalue weighted by atomic mass is 9.94. The Balaban J connectivity index is 2.64. The van der Waals surface area contributed by atoms with Crippen molar-refractivity contribution in [1.29, 1.82) is 0 Å². The van der Waals surface area contributed by atoms with Gasteiger partial charge in [-0.2, -0.15) is 0 Å². The molecule has 1 atom stereocenters. The number of carbonyl (C=O) groups is 1. The number of hydrogen-bond acceptors (Lipinski definition) is 8. The van der Waals surface area contributed by atoms with Crippen LogP contribution in [0.15, 0.2) is 39.9 Å². The summed E-state index contributed by atoms with van der Waals surface area (Å²) in [7, 11) is 1.62. The minimum atomic E-state index is -1.14. The van der Waals surface area contributed by atoms with Crippen molar-refractivity contribution in [2.24, 2.45) is 0 Å². The molecule has 0 saturated carbocycles. The first-order valence-electron chi connectivity index (χ1n) is 11.7. The van der Waals surface area contributed by atoms with E-state index < -0.39 is 36.2 Å². The maximum atomic E-state index is 12.4. The monoisotopic (exact) mass is 588 g/mol. The van der Waals surface area contributed by atoms with Crippen LogP contribution in [0.1, 0.15) is 55.6 Å². The van der Waals surface area contributed by atoms with Gasteiger partial charge in [-0.05, 0) is 38.0 Å². The standard InChI is InChI=1S/C25H34BrClN2O7/c1-5-25(15-30,16-31)29(28-9-8-22(32)19(14-28)24(33)35-6-2)17(3)18-12-23(21(27)13-20(18)26)36-11-7-10-34-4/h8-9,12-14,17,30-31H,5-7,10-11,15-16H2,1-4H3/t17-/m1/s1. The summed E-state index contributed by atoms with van der Waals surface area (Å²) in [5, 5.41) is 23.0. The van der Waals surface area contributed by atoms with Gasteiger partial charge in [-0.25, -0.2) is 4.79 Å². The quantitative estimate of drug-likeness (QED) is 0.254. The van der Waals surface area contributed by atoms with Crippen molar-refractivity contribution in [2.75, 3.05) is 45.2 Å². The minimum absolute atomic E-state index is 0.115. The fraction of sp³-hybridized carbons (Fsp3) is 0.520. The molecule has 0 amide bonds. The number of aliphatic hydroxyl groups excluding tert-OH is 2. The molecular formula is C25H34BrClN2O7. The Kier molecular flexibility index (Phi) is 11.7. The van der Waals surface area contributed by atoms with Gasteiger partial charge in [0.05, 0.1) is 37.5 Å². The molecule has 0 bridgehead atoms. The average Bonchev–Trinajstić information content (AvgIpc) is 2.86. The Bertz CT molecular complexity index is 1070. The summed E-state index contributed by atoms with van der Waals surface area (Å²) in [6, 6.07) is 4.27. The number of aliphatic hydroxyl groups is 2. The first kappa shape index (κ1) is 30.1. The van der Waals surface area contributed by atoms with Crippen molar-refractivity contribution in [1.82, 2.24) is 4.68 Å². The molecule has 1 aromatic carbocycles. The highest BCUT2D eigenvalue weighted by atomic mass is 79.9. The number of rotatable bonds is 14. The highest BCUT2D eigenvalue weighted by Crippen LogP contribution is 2.38. The number of aromatic nitrogens is 1. The van der Waals surface area contributed by atoms with E-state index in [1.165, 1.54) is 23.1 Å². The van der Waals surface area contributed by atoms with E-state index in [1.54, 1.807) is 31.2 Å². The molecule has 0 radical (unpaired) electrons. The van der Waals surface area contributed by atoms with Crippen LogP contribution in [0.4, 0.5) is 0 Å². The summed E-state index contributed by atoms with van der Waals surface area (Å²) in [6.07, 6.45) is 3.89. The Morgan fingerprint density at radius 1 is 1.25 bits per heavy atom. The third-order valence-electron chi connectivity index (χ3n) is 6.00. The number of halogens is 2. The molecule has 0 aliphatic rings. The fourth-order valence-corrected chi connectivity index (χ4v) is 4.92. The Morgan fingerprint density at radius 2 is 1.94 bits per heavy atom. The summed E-state index contributed by atoms with van der Waals surface area (Å²) in [6.45, 7) is 5.65. The van der Waals surface area contributed by atoms with Crippen LogP contribution in [0.2, 0.25) is 5.02 Å². The third kappa shape index (κ3) is 6.80. The molecule has 0 saturated heterocycles. The molecule has 0 aliphatic carbocycles. The predicted molar refractivity (Wildman–Crippen MR) is 142 cm³/mol. The average molecular weight is 590 g/mol. The first-order valence-corrected chi connectivity index (χ1v) is 12.9. The van der Waals surface area contributed by atoms with Gasteiger partial charge in [0.25, 0.3) is 0 Å². The van der Waals surface area contributed by atoms with Crippen molar-refractivity contribution >= 4 is 33.5 Å². The zero-order valence-electron chi connectivity index (χ0n) is 21.0. The highest BCUT2D eigenvalue weighted by molar-refractivity contribution is 9.10. The molecule has 0 fully saturated rings. The van der Waals surface area contributed by atoms with E-state index in [0.29, 0.717) is 41.3 Å². The van der Waals surface area contributed by atoms with Gasteiger partial charge in [0.15, 0.2) is 5.43 Å². The van der Waals surface area contributed by atoms with Crippen molar-refractivity contribution in [3.05, 3.63) is 61.4 Å². The Hall–Kier alpha value is -2.11. The van der Waals surface area contributed by atoms with Gasteiger partial charge in [0.1, 0.15) is 16.9 Å². The van der Waals surface area contributed by atoms with Crippen LogP contribution < -0.4 is 15.2 Å². The second kappa shape index (κ2) is 14.0. The van der Waals surface area contributed by atoms with Crippen molar-refractivity contribution in [3.63, 3.8) is 0 Å². The number of ether oxygens (including phenoxy) is 3. The van der Waals surface area contributed by atoms with Gasteiger partial charge < -0.3 is 24.4 Å². The number of carbonyl (C=O) groups excluding carboxylic acids is 1. The normalized spacial score (nSPS) is 12.3. The molecule has 36 heavy (non-hydrogen) atoms. The molecule has 2 N–H and O–H groups in total. The van der Waals surface area contributed by atoms with E-state index in [9.17, 15) is 19.8 Å². The molecule has 200 valence electrons. The number of methoxy groups -OCH3 is 1. The molecule has 1 aromatic heterocycles. The summed E-state index contributed by atoms with van der Waals surface area (Å²) in [5.74, 6) is -0.279. The van der Waals surface area contributed by atoms with Crippen LogP contribution >= 0.6 is 27.5 Å². The highest BCUT2D eigenvalue weighted by Gasteiger charge is 2.39. The topological polar surface area (TPSA) is 110 Å². The zero-order chi connectivity index (χ0) is 26.9. The van der Waals surface area contributed by atoms with Crippen LogP contribution in [0.3, 0.4) is 0 Å². The molecule has 2 aromatic rings. The SMILES string of the molecule is CCOC(=O)c1cn(N([C@H](C)c2cc(OCCCOC)c(Cl)cc2Br)C(CC)(CO)CO)ccc1=O. The van der Waals surface area contributed by atoms with Crippen LogP contribution in [0, 0.1) is 0 Å². The number of hydrogen-bond donors (Lipinski definition) is 2. The Labute approximate surface area is 224 Å². The van der Waals surface area contributed by atoms with Gasteiger partial charge in [-0.1, -0.05) is 34.5 Å². The molecule has 9 nitrogen and oxygen atoms in total. The van der Waals surface area contributed by atoms with Crippen LogP contribution in [-0.2, 0) is 9.47 Å². The van der Waals surface area contributed by atoms with E-state index in [4.69, 9.17) is 25.8 Å². The lowest BCUT2D eigenvalue weighted by molar-refractivity contribution is 0.0522. The molecule has 0 unspecified atom stereocenters. The van der Waals surface area contributed by atoms with Crippen molar-refractivity contribution in [2.45, 2.75) is 45.2 Å². The summed E-state index contributed by atoms with van der Waals surface area (Å²) >= 11 is 9.99. The Morgan fingerprint density at radius 3 is 2.53 bits per heavy atom.